The number of anilines is 2. The van der Waals surface area contributed by atoms with Crippen molar-refractivity contribution in [3.63, 3.8) is 0 Å². The standard InChI is InChI=1S/C12H12BrClN2S/c13-11-5-4-8(17-11)6-7-16-10-3-1-2-9(14)12(10)15/h1-5,16H,6-7,15H2. The molecule has 0 fully saturated rings. The van der Waals surface area contributed by atoms with Gasteiger partial charge < -0.3 is 11.1 Å². The second-order valence-corrected chi connectivity index (χ2v) is 6.54. The first-order valence-electron chi connectivity index (χ1n) is 5.19. The molecule has 0 unspecified atom stereocenters. The van der Waals surface area contributed by atoms with Gasteiger partial charge in [0.05, 0.1) is 20.2 Å². The van der Waals surface area contributed by atoms with Crippen molar-refractivity contribution in [1.29, 1.82) is 0 Å². The fraction of sp³-hybridized carbons (Fsp3) is 0.167. The van der Waals surface area contributed by atoms with Gasteiger partial charge in [0, 0.05) is 11.4 Å². The zero-order chi connectivity index (χ0) is 12.3. The summed E-state index contributed by atoms with van der Waals surface area (Å²) in [5.74, 6) is 0. The average molecular weight is 332 g/mol. The lowest BCUT2D eigenvalue weighted by atomic mass is 10.2. The van der Waals surface area contributed by atoms with Crippen molar-refractivity contribution in [1.82, 2.24) is 0 Å². The molecule has 2 rings (SSSR count). The summed E-state index contributed by atoms with van der Waals surface area (Å²) >= 11 is 11.1. The van der Waals surface area contributed by atoms with E-state index in [1.807, 2.05) is 12.1 Å². The van der Waals surface area contributed by atoms with Crippen molar-refractivity contribution >= 4 is 50.2 Å². The normalized spacial score (nSPS) is 10.5. The zero-order valence-electron chi connectivity index (χ0n) is 9.04. The Labute approximate surface area is 118 Å². The van der Waals surface area contributed by atoms with Crippen LogP contribution in [0.15, 0.2) is 34.1 Å². The summed E-state index contributed by atoms with van der Waals surface area (Å²) < 4.78 is 1.16. The molecule has 90 valence electrons. The van der Waals surface area contributed by atoms with Crippen LogP contribution in [0.25, 0.3) is 0 Å². The van der Waals surface area contributed by atoms with Crippen LogP contribution in [-0.2, 0) is 6.42 Å². The fourth-order valence-electron chi connectivity index (χ4n) is 1.50. The highest BCUT2D eigenvalue weighted by Gasteiger charge is 2.02. The van der Waals surface area contributed by atoms with E-state index in [1.54, 1.807) is 17.4 Å². The molecule has 0 aliphatic rings. The van der Waals surface area contributed by atoms with Gasteiger partial charge in [0.2, 0.25) is 0 Å². The molecule has 0 amide bonds. The largest absolute Gasteiger partial charge is 0.396 e. The molecule has 0 aliphatic carbocycles. The number of rotatable bonds is 4. The fourth-order valence-corrected chi connectivity index (χ4v) is 3.15. The second kappa shape index (κ2) is 5.76. The molecular weight excluding hydrogens is 320 g/mol. The van der Waals surface area contributed by atoms with Gasteiger partial charge in [0.15, 0.2) is 0 Å². The third kappa shape index (κ3) is 3.37. The van der Waals surface area contributed by atoms with Crippen LogP contribution in [0.5, 0.6) is 0 Å². The molecule has 2 nitrogen and oxygen atoms in total. The van der Waals surface area contributed by atoms with Crippen molar-refractivity contribution in [2.75, 3.05) is 17.6 Å². The Morgan fingerprint density at radius 1 is 1.29 bits per heavy atom. The lowest BCUT2D eigenvalue weighted by molar-refractivity contribution is 1.05. The zero-order valence-corrected chi connectivity index (χ0v) is 12.2. The molecular formula is C12H12BrClN2S. The molecule has 17 heavy (non-hydrogen) atoms. The predicted molar refractivity (Wildman–Crippen MR) is 80.1 cm³/mol. The number of hydrogen-bond acceptors (Lipinski definition) is 3. The molecule has 2 aromatic rings. The lowest BCUT2D eigenvalue weighted by Gasteiger charge is -2.09. The van der Waals surface area contributed by atoms with E-state index in [0.29, 0.717) is 10.7 Å². The van der Waals surface area contributed by atoms with Crippen molar-refractivity contribution in [3.8, 4) is 0 Å². The number of thiophene rings is 1. The first kappa shape index (κ1) is 12.7. The Balaban J connectivity index is 1.92. The molecule has 5 heteroatoms. The predicted octanol–water partition coefficient (Wildman–Crippen LogP) is 4.40. The van der Waals surface area contributed by atoms with Gasteiger partial charge in [-0.05, 0) is 46.6 Å². The number of nitrogen functional groups attached to an aromatic ring is 1. The van der Waals surface area contributed by atoms with Crippen LogP contribution in [0.1, 0.15) is 4.88 Å². The van der Waals surface area contributed by atoms with Gasteiger partial charge in [0.1, 0.15) is 0 Å². The van der Waals surface area contributed by atoms with Crippen LogP contribution >= 0.6 is 38.9 Å². The molecule has 0 saturated carbocycles. The summed E-state index contributed by atoms with van der Waals surface area (Å²) in [4.78, 5) is 1.34. The van der Waals surface area contributed by atoms with Crippen LogP contribution in [0.4, 0.5) is 11.4 Å². The first-order valence-corrected chi connectivity index (χ1v) is 7.17. The molecule has 1 aromatic heterocycles. The Hall–Kier alpha value is -0.710. The average Bonchev–Trinajstić information content (AvgIpc) is 2.70. The van der Waals surface area contributed by atoms with Crippen LogP contribution in [0.2, 0.25) is 5.02 Å². The maximum absolute atomic E-state index is 5.94. The van der Waals surface area contributed by atoms with Crippen molar-refractivity contribution in [3.05, 3.63) is 44.0 Å². The third-order valence-electron chi connectivity index (χ3n) is 2.37. The summed E-state index contributed by atoms with van der Waals surface area (Å²) in [6, 6.07) is 9.80. The molecule has 0 bridgehead atoms. The van der Waals surface area contributed by atoms with Gasteiger partial charge in [0.25, 0.3) is 0 Å². The summed E-state index contributed by atoms with van der Waals surface area (Å²) in [5, 5.41) is 3.88. The highest BCUT2D eigenvalue weighted by molar-refractivity contribution is 9.11. The highest BCUT2D eigenvalue weighted by atomic mass is 79.9. The molecule has 1 aromatic carbocycles. The first-order chi connectivity index (χ1) is 8.16. The van der Waals surface area contributed by atoms with E-state index in [4.69, 9.17) is 17.3 Å². The molecule has 0 saturated heterocycles. The summed E-state index contributed by atoms with van der Waals surface area (Å²) in [5.41, 5.74) is 7.38. The van der Waals surface area contributed by atoms with E-state index in [0.717, 1.165) is 22.4 Å². The molecule has 0 aliphatic heterocycles. The molecule has 3 N–H and O–H groups in total. The smallest absolute Gasteiger partial charge is 0.0739 e. The number of nitrogens with one attached hydrogen (secondary N) is 1. The summed E-state index contributed by atoms with van der Waals surface area (Å²) in [6.45, 7) is 0.845. The van der Waals surface area contributed by atoms with Gasteiger partial charge in [-0.1, -0.05) is 17.7 Å². The summed E-state index contributed by atoms with van der Waals surface area (Å²) in [7, 11) is 0. The summed E-state index contributed by atoms with van der Waals surface area (Å²) in [6.07, 6.45) is 0.974. The van der Waals surface area contributed by atoms with E-state index in [-0.39, 0.29) is 0 Å². The van der Waals surface area contributed by atoms with Gasteiger partial charge in [-0.25, -0.2) is 0 Å². The van der Waals surface area contributed by atoms with E-state index in [2.05, 4.69) is 33.4 Å². The number of halogens is 2. The second-order valence-electron chi connectivity index (χ2n) is 3.58. The Kier molecular flexibility index (Phi) is 4.31. The Morgan fingerprint density at radius 3 is 2.82 bits per heavy atom. The molecule has 0 spiro atoms. The van der Waals surface area contributed by atoms with Crippen molar-refractivity contribution in [2.24, 2.45) is 0 Å². The van der Waals surface area contributed by atoms with E-state index >= 15 is 0 Å². The van der Waals surface area contributed by atoms with Gasteiger partial charge in [-0.3, -0.25) is 0 Å². The van der Waals surface area contributed by atoms with Crippen LogP contribution in [0.3, 0.4) is 0 Å². The Bertz CT molecular complexity index is 513. The van der Waals surface area contributed by atoms with Crippen LogP contribution in [0, 0.1) is 0 Å². The van der Waals surface area contributed by atoms with Gasteiger partial charge in [-0.15, -0.1) is 11.3 Å². The molecule has 0 radical (unpaired) electrons. The quantitative estimate of drug-likeness (QED) is 0.815. The third-order valence-corrected chi connectivity index (χ3v) is 4.38. The van der Waals surface area contributed by atoms with E-state index in [9.17, 15) is 0 Å². The van der Waals surface area contributed by atoms with E-state index < -0.39 is 0 Å². The number of para-hydroxylation sites is 1. The molecule has 1 heterocycles. The highest BCUT2D eigenvalue weighted by Crippen LogP contribution is 2.27. The van der Waals surface area contributed by atoms with Crippen molar-refractivity contribution in [2.45, 2.75) is 6.42 Å². The minimum absolute atomic E-state index is 0.592. The SMILES string of the molecule is Nc1c(Cl)cccc1NCCc1ccc(Br)s1. The van der Waals surface area contributed by atoms with Crippen LogP contribution < -0.4 is 11.1 Å². The minimum atomic E-state index is 0.592. The monoisotopic (exact) mass is 330 g/mol. The molecule has 0 atom stereocenters. The van der Waals surface area contributed by atoms with E-state index in [1.165, 1.54) is 4.88 Å². The lowest BCUT2D eigenvalue weighted by Crippen LogP contribution is -2.06. The van der Waals surface area contributed by atoms with Gasteiger partial charge >= 0.3 is 0 Å². The maximum Gasteiger partial charge on any atom is 0.0739 e. The van der Waals surface area contributed by atoms with Gasteiger partial charge in [-0.2, -0.15) is 0 Å². The Morgan fingerprint density at radius 2 is 2.12 bits per heavy atom. The topological polar surface area (TPSA) is 38.0 Å². The number of nitrogens with two attached hydrogens (primary N) is 1. The van der Waals surface area contributed by atoms with Crippen LogP contribution in [-0.4, -0.2) is 6.54 Å². The maximum atomic E-state index is 5.94. The van der Waals surface area contributed by atoms with Crippen molar-refractivity contribution < 1.29 is 0 Å². The number of hydrogen-bond donors (Lipinski definition) is 2. The number of benzene rings is 1. The minimum Gasteiger partial charge on any atom is -0.396 e.